The number of guanidine groups is 1. The number of hydrogen-bond acceptors (Lipinski definition) is 2. The molecule has 0 saturated heterocycles. The first-order valence-electron chi connectivity index (χ1n) is 7.52. The van der Waals surface area contributed by atoms with Crippen molar-refractivity contribution in [2.75, 3.05) is 33.7 Å². The molecule has 1 rings (SSSR count). The minimum absolute atomic E-state index is 0. The molecule has 0 spiro atoms. The number of nitrogens with zero attached hydrogens (tertiary/aromatic N) is 2. The molecule has 22 heavy (non-hydrogen) atoms. The second-order valence-corrected chi connectivity index (χ2v) is 5.18. The third kappa shape index (κ3) is 7.40. The van der Waals surface area contributed by atoms with Gasteiger partial charge in [-0.15, -0.1) is 24.0 Å². The highest BCUT2D eigenvalue weighted by molar-refractivity contribution is 14.0. The summed E-state index contributed by atoms with van der Waals surface area (Å²) in [5, 5.41) is 6.49. The van der Waals surface area contributed by atoms with Crippen molar-refractivity contribution in [3.05, 3.63) is 35.6 Å². The molecule has 0 fully saturated rings. The van der Waals surface area contributed by atoms with Crippen molar-refractivity contribution in [3.8, 4) is 0 Å². The van der Waals surface area contributed by atoms with Gasteiger partial charge in [0.2, 0.25) is 0 Å². The molecule has 4 nitrogen and oxygen atoms in total. The Morgan fingerprint density at radius 2 is 2.00 bits per heavy atom. The number of likely N-dealkylation sites (N-methyl/N-ethyl adjacent to an activating group) is 1. The van der Waals surface area contributed by atoms with Gasteiger partial charge >= 0.3 is 0 Å². The Hall–Kier alpha value is -0.890. The molecule has 0 aliphatic carbocycles. The predicted octanol–water partition coefficient (Wildman–Crippen LogP) is 3.01. The van der Waals surface area contributed by atoms with E-state index in [1.54, 1.807) is 12.1 Å². The Morgan fingerprint density at radius 3 is 2.55 bits per heavy atom. The van der Waals surface area contributed by atoms with Crippen molar-refractivity contribution in [2.45, 2.75) is 26.3 Å². The van der Waals surface area contributed by atoms with Crippen LogP contribution in [0.3, 0.4) is 0 Å². The van der Waals surface area contributed by atoms with E-state index in [1.165, 1.54) is 6.07 Å². The summed E-state index contributed by atoms with van der Waals surface area (Å²) < 4.78 is 13.4. The summed E-state index contributed by atoms with van der Waals surface area (Å²) in [6, 6.07) is 6.78. The molecular formula is C16H28FIN4. The smallest absolute Gasteiger partial charge is 0.191 e. The van der Waals surface area contributed by atoms with E-state index in [4.69, 9.17) is 0 Å². The molecule has 0 bridgehead atoms. The van der Waals surface area contributed by atoms with Gasteiger partial charge in [0.05, 0.1) is 12.6 Å². The number of aliphatic imine (C=N–C) groups is 1. The van der Waals surface area contributed by atoms with Crippen molar-refractivity contribution in [1.82, 2.24) is 15.5 Å². The summed E-state index contributed by atoms with van der Waals surface area (Å²) in [5.74, 6) is 0.599. The maximum Gasteiger partial charge on any atom is 0.191 e. The molecule has 1 unspecified atom stereocenters. The van der Waals surface area contributed by atoms with Crippen LogP contribution < -0.4 is 10.6 Å². The Bertz CT molecular complexity index is 452. The highest BCUT2D eigenvalue weighted by atomic mass is 127. The molecule has 0 saturated carbocycles. The van der Waals surface area contributed by atoms with Crippen LogP contribution in [0.2, 0.25) is 0 Å². The maximum atomic E-state index is 13.4. The molecule has 0 aromatic heterocycles. The summed E-state index contributed by atoms with van der Waals surface area (Å²) in [6.45, 7) is 6.45. The molecule has 126 valence electrons. The van der Waals surface area contributed by atoms with Crippen LogP contribution in [-0.2, 0) is 0 Å². The lowest BCUT2D eigenvalue weighted by Gasteiger charge is -2.23. The van der Waals surface area contributed by atoms with E-state index in [1.807, 2.05) is 27.1 Å². The SMILES string of the molecule is CCCNC(=NCC(c1cccc(F)c1)N(C)C)NCC.I. The first-order valence-corrected chi connectivity index (χ1v) is 7.52. The largest absolute Gasteiger partial charge is 0.357 e. The van der Waals surface area contributed by atoms with E-state index >= 15 is 0 Å². The Kier molecular flexibility index (Phi) is 11.2. The van der Waals surface area contributed by atoms with Gasteiger partial charge in [-0.2, -0.15) is 0 Å². The van der Waals surface area contributed by atoms with Crippen LogP contribution in [-0.4, -0.2) is 44.6 Å². The van der Waals surface area contributed by atoms with Gasteiger partial charge in [0.15, 0.2) is 5.96 Å². The van der Waals surface area contributed by atoms with Gasteiger partial charge in [-0.05, 0) is 45.1 Å². The molecule has 1 atom stereocenters. The van der Waals surface area contributed by atoms with Gasteiger partial charge < -0.3 is 15.5 Å². The zero-order valence-electron chi connectivity index (χ0n) is 13.9. The molecule has 6 heteroatoms. The van der Waals surface area contributed by atoms with Crippen molar-refractivity contribution in [3.63, 3.8) is 0 Å². The molecule has 2 N–H and O–H groups in total. The van der Waals surface area contributed by atoms with E-state index in [0.29, 0.717) is 6.54 Å². The molecule has 0 aliphatic heterocycles. The third-order valence-corrected chi connectivity index (χ3v) is 3.17. The Morgan fingerprint density at radius 1 is 1.27 bits per heavy atom. The van der Waals surface area contributed by atoms with Gasteiger partial charge in [0.1, 0.15) is 5.82 Å². The van der Waals surface area contributed by atoms with Crippen LogP contribution in [0, 0.1) is 5.82 Å². The van der Waals surface area contributed by atoms with E-state index in [0.717, 1.165) is 31.0 Å². The molecule has 1 aromatic rings. The molecule has 0 heterocycles. The topological polar surface area (TPSA) is 39.7 Å². The van der Waals surface area contributed by atoms with E-state index in [9.17, 15) is 4.39 Å². The van der Waals surface area contributed by atoms with Gasteiger partial charge in [-0.25, -0.2) is 4.39 Å². The summed E-state index contributed by atoms with van der Waals surface area (Å²) in [7, 11) is 3.97. The zero-order chi connectivity index (χ0) is 15.7. The molecule has 0 amide bonds. The highest BCUT2D eigenvalue weighted by Gasteiger charge is 2.14. The maximum absolute atomic E-state index is 13.4. The Labute approximate surface area is 150 Å². The van der Waals surface area contributed by atoms with Gasteiger partial charge in [-0.3, -0.25) is 4.99 Å². The monoisotopic (exact) mass is 422 g/mol. The average molecular weight is 422 g/mol. The normalized spacial score (nSPS) is 12.7. The number of hydrogen-bond donors (Lipinski definition) is 2. The fourth-order valence-corrected chi connectivity index (χ4v) is 2.04. The van der Waals surface area contributed by atoms with Crippen LogP contribution in [0.5, 0.6) is 0 Å². The fraction of sp³-hybridized carbons (Fsp3) is 0.562. The second kappa shape index (κ2) is 11.6. The van der Waals surface area contributed by atoms with E-state index < -0.39 is 0 Å². The molecule has 0 radical (unpaired) electrons. The van der Waals surface area contributed by atoms with Crippen LogP contribution in [0.1, 0.15) is 31.9 Å². The summed E-state index contributed by atoms with van der Waals surface area (Å²) >= 11 is 0. The van der Waals surface area contributed by atoms with Gasteiger partial charge in [0, 0.05) is 13.1 Å². The average Bonchev–Trinajstić information content (AvgIpc) is 2.44. The van der Waals surface area contributed by atoms with Crippen LogP contribution in [0.15, 0.2) is 29.3 Å². The lowest BCUT2D eigenvalue weighted by molar-refractivity contribution is 0.305. The minimum atomic E-state index is -0.209. The second-order valence-electron chi connectivity index (χ2n) is 5.18. The number of halogens is 2. The summed E-state index contributed by atoms with van der Waals surface area (Å²) in [4.78, 5) is 6.67. The summed E-state index contributed by atoms with van der Waals surface area (Å²) in [6.07, 6.45) is 1.05. The fourth-order valence-electron chi connectivity index (χ4n) is 2.04. The standard InChI is InChI=1S/C16H27FN4.HI/c1-5-10-19-16(18-6-2)20-12-15(21(3)4)13-8-7-9-14(17)11-13;/h7-9,11,15H,5-6,10,12H2,1-4H3,(H2,18,19,20);1H. The summed E-state index contributed by atoms with van der Waals surface area (Å²) in [5.41, 5.74) is 0.940. The lowest BCUT2D eigenvalue weighted by atomic mass is 10.1. The van der Waals surface area contributed by atoms with Crippen LogP contribution in [0.25, 0.3) is 0 Å². The van der Waals surface area contributed by atoms with E-state index in [-0.39, 0.29) is 35.8 Å². The molecular weight excluding hydrogens is 394 g/mol. The van der Waals surface area contributed by atoms with Crippen molar-refractivity contribution in [2.24, 2.45) is 4.99 Å². The number of benzene rings is 1. The van der Waals surface area contributed by atoms with E-state index in [2.05, 4.69) is 27.4 Å². The van der Waals surface area contributed by atoms with Crippen molar-refractivity contribution < 1.29 is 4.39 Å². The van der Waals surface area contributed by atoms with Crippen LogP contribution >= 0.6 is 24.0 Å². The number of rotatable bonds is 7. The Balaban J connectivity index is 0.00000441. The van der Waals surface area contributed by atoms with Crippen molar-refractivity contribution in [1.29, 1.82) is 0 Å². The number of nitrogens with one attached hydrogen (secondary N) is 2. The first kappa shape index (κ1) is 21.1. The predicted molar refractivity (Wildman–Crippen MR) is 103 cm³/mol. The van der Waals surface area contributed by atoms with Crippen LogP contribution in [0.4, 0.5) is 4.39 Å². The van der Waals surface area contributed by atoms with Gasteiger partial charge in [-0.1, -0.05) is 19.1 Å². The highest BCUT2D eigenvalue weighted by Crippen LogP contribution is 2.19. The quantitative estimate of drug-likeness (QED) is 0.403. The van der Waals surface area contributed by atoms with Gasteiger partial charge in [0.25, 0.3) is 0 Å². The lowest BCUT2D eigenvalue weighted by Crippen LogP contribution is -2.38. The molecule has 1 aromatic carbocycles. The molecule has 0 aliphatic rings. The first-order chi connectivity index (χ1) is 10.1. The minimum Gasteiger partial charge on any atom is -0.357 e. The van der Waals surface area contributed by atoms with Crippen molar-refractivity contribution >= 4 is 29.9 Å². The zero-order valence-corrected chi connectivity index (χ0v) is 16.2. The third-order valence-electron chi connectivity index (χ3n) is 3.17.